The minimum atomic E-state index is -0.921. The second-order valence-electron chi connectivity index (χ2n) is 6.40. The zero-order chi connectivity index (χ0) is 16.1. The summed E-state index contributed by atoms with van der Waals surface area (Å²) in [5, 5.41) is 8.88. The number of piperidine rings is 1. The molecule has 4 heteroatoms. The minimum absolute atomic E-state index is 0.223. The summed E-state index contributed by atoms with van der Waals surface area (Å²) in [6.45, 7) is 5.24. The number of carboxylic acids is 1. The monoisotopic (exact) mass is 303 g/mol. The van der Waals surface area contributed by atoms with Crippen LogP contribution in [0.25, 0.3) is 0 Å². The van der Waals surface area contributed by atoms with Gasteiger partial charge in [-0.25, -0.2) is 4.79 Å². The number of nitrogens with zero attached hydrogens (tertiary/aromatic N) is 1. The average Bonchev–Trinajstić information content (AvgIpc) is 2.53. The second kappa shape index (κ2) is 7.43. The Morgan fingerprint density at radius 3 is 2.50 bits per heavy atom. The lowest BCUT2D eigenvalue weighted by atomic mass is 9.92. The third-order valence-corrected chi connectivity index (χ3v) is 4.47. The molecule has 1 aromatic carbocycles. The maximum atomic E-state index is 12.5. The van der Waals surface area contributed by atoms with Crippen LogP contribution in [-0.2, 0) is 11.2 Å². The highest BCUT2D eigenvalue weighted by Crippen LogP contribution is 2.24. The maximum absolute atomic E-state index is 12.5. The van der Waals surface area contributed by atoms with Crippen LogP contribution in [0.5, 0.6) is 0 Å². The molecule has 1 aromatic rings. The fourth-order valence-electron chi connectivity index (χ4n) is 3.17. The molecule has 0 aliphatic carbocycles. The Balaban J connectivity index is 1.92. The van der Waals surface area contributed by atoms with E-state index in [-0.39, 0.29) is 11.5 Å². The molecule has 1 fully saturated rings. The minimum Gasteiger partial charge on any atom is -0.478 e. The Labute approximate surface area is 132 Å². The number of aromatic carboxylic acids is 1. The van der Waals surface area contributed by atoms with Crippen molar-refractivity contribution < 1.29 is 14.7 Å². The van der Waals surface area contributed by atoms with Crippen LogP contribution in [0.4, 0.5) is 0 Å². The van der Waals surface area contributed by atoms with Gasteiger partial charge in [-0.15, -0.1) is 0 Å². The molecule has 0 saturated carbocycles. The quantitative estimate of drug-likeness (QED) is 0.907. The maximum Gasteiger partial charge on any atom is 0.335 e. The molecule has 4 nitrogen and oxygen atoms in total. The van der Waals surface area contributed by atoms with Gasteiger partial charge in [-0.2, -0.15) is 0 Å². The summed E-state index contributed by atoms with van der Waals surface area (Å²) >= 11 is 0. The van der Waals surface area contributed by atoms with Crippen molar-refractivity contribution in [1.82, 2.24) is 4.90 Å². The average molecular weight is 303 g/mol. The van der Waals surface area contributed by atoms with Crippen LogP contribution in [-0.4, -0.2) is 34.5 Å². The first kappa shape index (κ1) is 16.5. The third-order valence-electron chi connectivity index (χ3n) is 4.47. The van der Waals surface area contributed by atoms with Crippen molar-refractivity contribution in [1.29, 1.82) is 0 Å². The lowest BCUT2D eigenvalue weighted by Gasteiger charge is -2.38. The van der Waals surface area contributed by atoms with Crippen molar-refractivity contribution in [3.8, 4) is 0 Å². The normalized spacial score (nSPS) is 18.5. The topological polar surface area (TPSA) is 57.6 Å². The van der Waals surface area contributed by atoms with Crippen molar-refractivity contribution in [3.05, 3.63) is 35.4 Å². The Bertz CT molecular complexity index is 522. The van der Waals surface area contributed by atoms with Crippen LogP contribution in [0.1, 0.15) is 55.5 Å². The molecule has 1 aliphatic heterocycles. The van der Waals surface area contributed by atoms with Gasteiger partial charge in [0.15, 0.2) is 0 Å². The number of hydrogen-bond acceptors (Lipinski definition) is 2. The first-order valence-electron chi connectivity index (χ1n) is 8.10. The van der Waals surface area contributed by atoms with Gasteiger partial charge >= 0.3 is 5.97 Å². The molecule has 1 saturated heterocycles. The van der Waals surface area contributed by atoms with Crippen LogP contribution in [0.3, 0.4) is 0 Å². The van der Waals surface area contributed by atoms with E-state index in [2.05, 4.69) is 18.7 Å². The van der Waals surface area contributed by atoms with Crippen LogP contribution in [0.15, 0.2) is 24.3 Å². The highest BCUT2D eigenvalue weighted by atomic mass is 16.4. The Morgan fingerprint density at radius 1 is 1.23 bits per heavy atom. The van der Waals surface area contributed by atoms with Crippen molar-refractivity contribution in [2.24, 2.45) is 5.92 Å². The van der Waals surface area contributed by atoms with Gasteiger partial charge in [-0.05, 0) is 49.3 Å². The van der Waals surface area contributed by atoms with Crippen LogP contribution < -0.4 is 0 Å². The fraction of sp³-hybridized carbons (Fsp3) is 0.556. The van der Waals surface area contributed by atoms with Gasteiger partial charge in [0.2, 0.25) is 5.91 Å². The molecule has 22 heavy (non-hydrogen) atoms. The highest BCUT2D eigenvalue weighted by Gasteiger charge is 2.28. The molecule has 1 atom stereocenters. The first-order valence-corrected chi connectivity index (χ1v) is 8.10. The molecule has 1 amide bonds. The van der Waals surface area contributed by atoms with Crippen molar-refractivity contribution >= 4 is 11.9 Å². The standard InChI is InChI=1S/C18H25NO3/c1-13(2)16-5-3-4-12-19(16)17(20)11-8-14-6-9-15(10-7-14)18(21)22/h6-7,9-10,13,16H,3-5,8,11-12H2,1-2H3,(H,21,22). The molecule has 1 aliphatic rings. The Hall–Kier alpha value is -1.84. The molecule has 0 bridgehead atoms. The summed E-state index contributed by atoms with van der Waals surface area (Å²) < 4.78 is 0. The number of hydrogen-bond donors (Lipinski definition) is 1. The van der Waals surface area contributed by atoms with E-state index < -0.39 is 5.97 Å². The van der Waals surface area contributed by atoms with E-state index >= 15 is 0 Å². The summed E-state index contributed by atoms with van der Waals surface area (Å²) in [6, 6.07) is 7.16. The van der Waals surface area contributed by atoms with Crippen LogP contribution in [0, 0.1) is 5.92 Å². The first-order chi connectivity index (χ1) is 10.5. The van der Waals surface area contributed by atoms with Gasteiger partial charge in [0.05, 0.1) is 5.56 Å². The molecular formula is C18H25NO3. The van der Waals surface area contributed by atoms with Gasteiger partial charge in [0, 0.05) is 19.0 Å². The molecule has 0 aromatic heterocycles. The van der Waals surface area contributed by atoms with Gasteiger partial charge in [-0.1, -0.05) is 26.0 Å². The lowest BCUT2D eigenvalue weighted by molar-refractivity contribution is -0.135. The van der Waals surface area contributed by atoms with E-state index in [1.807, 2.05) is 0 Å². The van der Waals surface area contributed by atoms with Crippen molar-refractivity contribution in [2.75, 3.05) is 6.54 Å². The van der Waals surface area contributed by atoms with E-state index in [1.165, 1.54) is 6.42 Å². The number of carbonyl (C=O) groups excluding carboxylic acids is 1. The van der Waals surface area contributed by atoms with Crippen LogP contribution in [0.2, 0.25) is 0 Å². The number of likely N-dealkylation sites (tertiary alicyclic amines) is 1. The summed E-state index contributed by atoms with van der Waals surface area (Å²) in [7, 11) is 0. The molecular weight excluding hydrogens is 278 g/mol. The van der Waals surface area contributed by atoms with E-state index in [1.54, 1.807) is 24.3 Å². The summed E-state index contributed by atoms with van der Waals surface area (Å²) in [5.41, 5.74) is 1.29. The molecule has 2 rings (SSSR count). The van der Waals surface area contributed by atoms with Gasteiger partial charge in [0.25, 0.3) is 0 Å². The molecule has 120 valence electrons. The second-order valence-corrected chi connectivity index (χ2v) is 6.40. The van der Waals surface area contributed by atoms with Crippen LogP contribution >= 0.6 is 0 Å². The molecule has 0 radical (unpaired) electrons. The SMILES string of the molecule is CC(C)C1CCCCN1C(=O)CCc1ccc(C(=O)O)cc1. The summed E-state index contributed by atoms with van der Waals surface area (Å²) in [4.78, 5) is 25.4. The molecule has 1 unspecified atom stereocenters. The predicted octanol–water partition coefficient (Wildman–Crippen LogP) is 3.35. The number of benzene rings is 1. The van der Waals surface area contributed by atoms with E-state index in [4.69, 9.17) is 5.11 Å². The zero-order valence-corrected chi connectivity index (χ0v) is 13.4. The number of aryl methyl sites for hydroxylation is 1. The third kappa shape index (κ3) is 4.09. The molecule has 1 N–H and O–H groups in total. The van der Waals surface area contributed by atoms with E-state index in [0.717, 1.165) is 24.9 Å². The smallest absolute Gasteiger partial charge is 0.335 e. The number of rotatable bonds is 5. The number of carboxylic acid groups (broad SMARTS) is 1. The van der Waals surface area contributed by atoms with Crippen molar-refractivity contribution in [2.45, 2.75) is 52.0 Å². The summed E-state index contributed by atoms with van der Waals surface area (Å²) in [5.74, 6) is -0.199. The zero-order valence-electron chi connectivity index (χ0n) is 13.4. The largest absolute Gasteiger partial charge is 0.478 e. The molecule has 1 heterocycles. The number of amides is 1. The highest BCUT2D eigenvalue weighted by molar-refractivity contribution is 5.87. The Kier molecular flexibility index (Phi) is 5.58. The van der Waals surface area contributed by atoms with Gasteiger partial charge in [0.1, 0.15) is 0 Å². The summed E-state index contributed by atoms with van der Waals surface area (Å²) in [6.07, 6.45) is 4.58. The van der Waals surface area contributed by atoms with E-state index in [0.29, 0.717) is 24.8 Å². The van der Waals surface area contributed by atoms with Gasteiger partial charge in [-0.3, -0.25) is 4.79 Å². The van der Waals surface area contributed by atoms with E-state index in [9.17, 15) is 9.59 Å². The fourth-order valence-corrected chi connectivity index (χ4v) is 3.17. The molecule has 0 spiro atoms. The Morgan fingerprint density at radius 2 is 1.91 bits per heavy atom. The lowest BCUT2D eigenvalue weighted by Crippen LogP contribution is -2.46. The number of carbonyl (C=O) groups is 2. The predicted molar refractivity (Wildman–Crippen MR) is 85.9 cm³/mol. The van der Waals surface area contributed by atoms with Gasteiger partial charge < -0.3 is 10.0 Å². The van der Waals surface area contributed by atoms with Crippen molar-refractivity contribution in [3.63, 3.8) is 0 Å².